The fourth-order valence-corrected chi connectivity index (χ4v) is 0. The van der Waals surface area contributed by atoms with E-state index in [9.17, 15) is 0 Å². The van der Waals surface area contributed by atoms with Crippen molar-refractivity contribution in [1.82, 2.24) is 0 Å². The molecule has 0 aromatic heterocycles. The molecule has 0 aliphatic rings. The van der Waals surface area contributed by atoms with Crippen LogP contribution in [0, 0.1) is 0 Å². The summed E-state index contributed by atoms with van der Waals surface area (Å²) in [6.45, 7) is 2.13. The van der Waals surface area contributed by atoms with Crippen molar-refractivity contribution in [1.29, 1.82) is 0 Å². The number of hydrogen-bond donors (Lipinski definition) is 0. The zero-order valence-corrected chi connectivity index (χ0v) is 13.5. The fourth-order valence-electron chi connectivity index (χ4n) is 0. The van der Waals surface area contributed by atoms with Gasteiger partial charge in [-0.2, -0.15) is 0 Å². The van der Waals surface area contributed by atoms with Crippen LogP contribution in [0.3, 0.4) is 0 Å². The standard InChI is InChI=1S/C2H3.4Sb/c1-2;;;;/h1H3;;;;. The second kappa shape index (κ2) is 11.0. The van der Waals surface area contributed by atoms with E-state index in [0.717, 1.165) is 0 Å². The van der Waals surface area contributed by atoms with Gasteiger partial charge in [-0.05, 0) is 0 Å². The average molecular weight is 514 g/mol. The van der Waals surface area contributed by atoms with E-state index < -0.39 is 0 Å². The van der Waals surface area contributed by atoms with Crippen LogP contribution >= 0.6 is 0 Å². The first-order chi connectivity index (χ1) is 2.73. The summed E-state index contributed by atoms with van der Waals surface area (Å²) < 4.78 is 1.52. The first-order valence-electron chi connectivity index (χ1n) is 1.15. The van der Waals surface area contributed by atoms with Gasteiger partial charge in [-0.3, -0.25) is 0 Å². The predicted molar refractivity (Wildman–Crippen MR) is 33.7 cm³/mol. The van der Waals surface area contributed by atoms with Crippen LogP contribution < -0.4 is 0 Å². The second-order valence-electron chi connectivity index (χ2n) is 0.547. The summed E-state index contributed by atoms with van der Waals surface area (Å²) in [6, 6.07) is 0. The van der Waals surface area contributed by atoms with Crippen LogP contribution in [0.2, 0.25) is 0 Å². The Balaban J connectivity index is 0. The molecule has 5 radical (unpaired) electrons. The third kappa shape index (κ3) is 27.3. The first-order valence-corrected chi connectivity index (χ1v) is 12.5. The van der Waals surface area contributed by atoms with Gasteiger partial charge in [0.05, 0.1) is 0 Å². The summed E-state index contributed by atoms with van der Waals surface area (Å²) in [4.78, 5) is 0. The van der Waals surface area contributed by atoms with Crippen molar-refractivity contribution in [3.05, 3.63) is 0 Å². The summed E-state index contributed by atoms with van der Waals surface area (Å²) in [5.74, 6) is 0. The molecule has 0 saturated heterocycles. The fraction of sp³-hybridized carbons (Fsp3) is 0.500. The molecular formula is C2H3Sb4. The zero-order chi connectivity index (χ0) is 5.58. The minimum absolute atomic E-state index is 1.52. The Morgan fingerprint density at radius 2 is 1.33 bits per heavy atom. The van der Waals surface area contributed by atoms with Gasteiger partial charge in [0.2, 0.25) is 0 Å². The van der Waals surface area contributed by atoms with E-state index in [0.29, 0.717) is 0 Å². The number of rotatable bonds is 0. The quantitative estimate of drug-likeness (QED) is 0.354. The second-order valence-corrected chi connectivity index (χ2v) is 7.50. The zero-order valence-electron chi connectivity index (χ0n) is 3.29. The van der Waals surface area contributed by atoms with Gasteiger partial charge >= 0.3 is 90.4 Å². The van der Waals surface area contributed by atoms with Gasteiger partial charge in [0, 0.05) is 0 Å². The Labute approximate surface area is 88.2 Å². The van der Waals surface area contributed by atoms with Crippen molar-refractivity contribution in [2.75, 3.05) is 0 Å². The van der Waals surface area contributed by atoms with Crippen LogP contribution in [0.5, 0.6) is 0 Å². The van der Waals surface area contributed by atoms with Crippen LogP contribution in [0.1, 0.15) is 6.92 Å². The molecule has 0 aromatic rings. The molecule has 0 spiro atoms. The molecule has 0 nitrogen and oxygen atoms in total. The van der Waals surface area contributed by atoms with Crippen molar-refractivity contribution in [3.63, 3.8) is 0 Å². The van der Waals surface area contributed by atoms with Crippen molar-refractivity contribution in [3.8, 4) is 0 Å². The van der Waals surface area contributed by atoms with Crippen molar-refractivity contribution >= 4 is 83.4 Å². The summed E-state index contributed by atoms with van der Waals surface area (Å²) in [5.41, 5.74) is 0. The molecule has 31 valence electrons. The van der Waals surface area contributed by atoms with Crippen LogP contribution in [-0.2, 0) is 0 Å². The third-order valence-electron chi connectivity index (χ3n) is 0. The van der Waals surface area contributed by atoms with Crippen LogP contribution in [-0.4, -0.2) is 83.4 Å². The molecule has 0 aliphatic heterocycles. The molecule has 0 bridgehead atoms. The molecular weight excluding hydrogens is 511 g/mol. The Hall–Kier alpha value is 3.14. The van der Waals surface area contributed by atoms with E-state index in [4.69, 9.17) is 0 Å². The molecule has 0 atom stereocenters. The SMILES string of the molecule is C[C]([Sb])=[Sb].[Sb]=[Sb]. The summed E-state index contributed by atoms with van der Waals surface area (Å²) >= 11 is 7.22. The molecule has 0 aromatic carbocycles. The Morgan fingerprint density at radius 3 is 1.33 bits per heavy atom. The first kappa shape index (κ1) is 11.9. The topological polar surface area (TPSA) is 0 Å². The molecule has 0 unspecified atom stereocenters. The molecule has 4 heteroatoms. The predicted octanol–water partition coefficient (Wildman–Crippen LogP) is -1.29. The maximum absolute atomic E-state index is 2.13. The molecule has 0 rings (SSSR count). The van der Waals surface area contributed by atoms with Crippen LogP contribution in [0.25, 0.3) is 0 Å². The van der Waals surface area contributed by atoms with Gasteiger partial charge in [-0.15, -0.1) is 0 Å². The van der Waals surface area contributed by atoms with Gasteiger partial charge in [0.25, 0.3) is 0 Å². The van der Waals surface area contributed by atoms with Crippen LogP contribution in [0.15, 0.2) is 0 Å². The Bertz CT molecular complexity index is 36.8. The minimum atomic E-state index is 1.52. The molecule has 0 saturated carbocycles. The van der Waals surface area contributed by atoms with E-state index in [2.05, 4.69) is 6.92 Å². The molecule has 0 amide bonds. The van der Waals surface area contributed by atoms with Gasteiger partial charge in [0.15, 0.2) is 0 Å². The molecule has 6 heavy (non-hydrogen) atoms. The van der Waals surface area contributed by atoms with E-state index in [1.165, 1.54) is 1.39 Å². The molecule has 0 N–H and O–H groups in total. The number of hydrogen-bond acceptors (Lipinski definition) is 0. The summed E-state index contributed by atoms with van der Waals surface area (Å²) in [5, 5.41) is 0. The van der Waals surface area contributed by atoms with Gasteiger partial charge in [0.1, 0.15) is 0 Å². The van der Waals surface area contributed by atoms with E-state index >= 15 is 0 Å². The van der Waals surface area contributed by atoms with E-state index in [-0.39, 0.29) is 0 Å². The van der Waals surface area contributed by atoms with E-state index in [1.54, 1.807) is 36.5 Å². The Kier molecular flexibility index (Phi) is 21.8. The summed E-state index contributed by atoms with van der Waals surface area (Å²) in [7, 11) is 0. The van der Waals surface area contributed by atoms with Gasteiger partial charge < -0.3 is 0 Å². The maximum atomic E-state index is 2.13. The van der Waals surface area contributed by atoms with Crippen molar-refractivity contribution < 1.29 is 0 Å². The van der Waals surface area contributed by atoms with E-state index in [1.807, 2.05) is 45.6 Å². The Morgan fingerprint density at radius 1 is 1.33 bits per heavy atom. The van der Waals surface area contributed by atoms with Gasteiger partial charge in [-0.25, -0.2) is 0 Å². The molecule has 0 fully saturated rings. The molecule has 0 heterocycles. The van der Waals surface area contributed by atoms with Crippen LogP contribution in [0.4, 0.5) is 0 Å². The monoisotopic (exact) mass is 511 g/mol. The van der Waals surface area contributed by atoms with Gasteiger partial charge in [-0.1, -0.05) is 0 Å². The molecule has 0 aliphatic carbocycles. The summed E-state index contributed by atoms with van der Waals surface area (Å²) in [6.07, 6.45) is 0. The van der Waals surface area contributed by atoms with Crippen molar-refractivity contribution in [2.24, 2.45) is 0 Å². The normalized spacial score (nSPS) is 5.00. The third-order valence-corrected chi connectivity index (χ3v) is 0. The average Bonchev–Trinajstić information content (AvgIpc) is 1.41. The van der Waals surface area contributed by atoms with Crippen molar-refractivity contribution in [2.45, 2.75) is 6.92 Å².